The molecule has 4 heterocycles. The second-order valence-electron chi connectivity index (χ2n) is 10.9. The van der Waals surface area contributed by atoms with E-state index in [1.54, 1.807) is 0 Å². The fourth-order valence-electron chi connectivity index (χ4n) is 6.59. The van der Waals surface area contributed by atoms with E-state index in [2.05, 4.69) is 148 Å². The molecule has 0 aliphatic heterocycles. The SMILES string of the molecule is Brc1ccc2c(c1)cc1[nH]c3ccccc3c1[n+]2CCCCC[n+]1c2ccc(Br)cc2cc2[nH]c3ccccc3c21. The molecule has 0 radical (unpaired) electrons. The molecule has 8 rings (SSSR count). The molecule has 6 heteroatoms. The molecule has 0 aliphatic rings. The Kier molecular flexibility index (Phi) is 6.08. The molecule has 4 aromatic heterocycles. The smallest absolute Gasteiger partial charge is 0.238 e. The normalized spacial score (nSPS) is 12.1. The third-order valence-corrected chi connectivity index (χ3v) is 9.36. The number of hydrogen-bond acceptors (Lipinski definition) is 0. The summed E-state index contributed by atoms with van der Waals surface area (Å²) in [4.78, 5) is 7.31. The Morgan fingerprint density at radius 2 is 0.951 bits per heavy atom. The Labute approximate surface area is 253 Å². The maximum Gasteiger partial charge on any atom is 0.238 e. The fraction of sp³-hybridized carbons (Fsp3) is 0.143. The molecule has 2 N–H and O–H groups in total. The number of aromatic amines is 2. The van der Waals surface area contributed by atoms with Crippen molar-refractivity contribution in [3.8, 4) is 0 Å². The molecule has 0 fully saturated rings. The number of nitrogens with zero attached hydrogens (tertiary/aromatic N) is 2. The van der Waals surface area contributed by atoms with E-state index in [9.17, 15) is 0 Å². The summed E-state index contributed by atoms with van der Waals surface area (Å²) in [6, 6.07) is 35.1. The van der Waals surface area contributed by atoms with Gasteiger partial charge in [-0.05, 0) is 67.1 Å². The second-order valence-corrected chi connectivity index (χ2v) is 12.8. The van der Waals surface area contributed by atoms with Crippen molar-refractivity contribution in [2.24, 2.45) is 0 Å². The maximum absolute atomic E-state index is 3.67. The summed E-state index contributed by atoms with van der Waals surface area (Å²) < 4.78 is 7.26. The van der Waals surface area contributed by atoms with Gasteiger partial charge in [-0.25, -0.2) is 0 Å². The average Bonchev–Trinajstić information content (AvgIpc) is 3.53. The van der Waals surface area contributed by atoms with Crippen LogP contribution in [0.2, 0.25) is 0 Å². The monoisotopic (exact) mass is 662 g/mol. The number of fused-ring (bicyclic) bond motifs is 8. The molecule has 4 aromatic carbocycles. The summed E-state index contributed by atoms with van der Waals surface area (Å²) in [6.07, 6.45) is 3.37. The second kappa shape index (κ2) is 9.97. The highest BCUT2D eigenvalue weighted by Crippen LogP contribution is 2.29. The molecule has 41 heavy (non-hydrogen) atoms. The van der Waals surface area contributed by atoms with Gasteiger partial charge in [0.15, 0.2) is 0 Å². The van der Waals surface area contributed by atoms with Crippen molar-refractivity contribution in [1.82, 2.24) is 9.97 Å². The predicted molar refractivity (Wildman–Crippen MR) is 176 cm³/mol. The first-order valence-corrected chi connectivity index (χ1v) is 15.8. The lowest BCUT2D eigenvalue weighted by molar-refractivity contribution is -0.649. The predicted octanol–water partition coefficient (Wildman–Crippen LogP) is 9.23. The van der Waals surface area contributed by atoms with Crippen LogP contribution in [0.1, 0.15) is 19.3 Å². The number of halogens is 2. The summed E-state index contributed by atoms with van der Waals surface area (Å²) in [5.41, 5.74) is 9.90. The van der Waals surface area contributed by atoms with Gasteiger partial charge >= 0.3 is 0 Å². The molecule has 0 atom stereocenters. The number of hydrogen-bond donors (Lipinski definition) is 2. The summed E-state index contributed by atoms with van der Waals surface area (Å²) >= 11 is 7.35. The number of benzene rings is 4. The number of nitrogens with one attached hydrogen (secondary N) is 2. The third-order valence-electron chi connectivity index (χ3n) is 8.38. The van der Waals surface area contributed by atoms with Crippen LogP contribution >= 0.6 is 31.9 Å². The van der Waals surface area contributed by atoms with Crippen molar-refractivity contribution in [3.05, 3.63) is 106 Å². The Hall–Kier alpha value is -3.74. The van der Waals surface area contributed by atoms with Gasteiger partial charge in [0.05, 0.1) is 21.8 Å². The van der Waals surface area contributed by atoms with Crippen LogP contribution < -0.4 is 9.13 Å². The number of pyridine rings is 2. The Morgan fingerprint density at radius 1 is 0.488 bits per heavy atom. The van der Waals surface area contributed by atoms with Gasteiger partial charge < -0.3 is 9.97 Å². The summed E-state index contributed by atoms with van der Waals surface area (Å²) in [6.45, 7) is 1.96. The standard InChI is InChI=1S/C35H26Br2N4/c36-24-12-14-32-22(18-24)20-30-34(26-8-2-4-10-28(26)38-30)40(32)16-6-1-7-17-41-33-15-13-25(37)19-23(33)21-31-35(41)27-9-3-5-11-29(27)39-31/h2-5,8-15,18-21H,1,6-7,16-17H2/p+2. The van der Waals surface area contributed by atoms with Crippen LogP contribution in [0.15, 0.2) is 106 Å². The molecular formula is C35H28Br2N4+2. The molecule has 0 amide bonds. The number of rotatable bonds is 6. The lowest BCUT2D eigenvalue weighted by Gasteiger charge is -2.06. The summed E-state index contributed by atoms with van der Waals surface area (Å²) in [5.74, 6) is 0. The van der Waals surface area contributed by atoms with Gasteiger partial charge in [0.2, 0.25) is 22.1 Å². The van der Waals surface area contributed by atoms with Crippen molar-refractivity contribution < 1.29 is 9.13 Å². The molecule has 0 spiro atoms. The van der Waals surface area contributed by atoms with Crippen molar-refractivity contribution in [3.63, 3.8) is 0 Å². The van der Waals surface area contributed by atoms with E-state index in [0.29, 0.717) is 0 Å². The first kappa shape index (κ1) is 25.0. The molecule has 4 nitrogen and oxygen atoms in total. The lowest BCUT2D eigenvalue weighted by atomic mass is 10.1. The van der Waals surface area contributed by atoms with Crippen LogP contribution in [0.5, 0.6) is 0 Å². The highest BCUT2D eigenvalue weighted by molar-refractivity contribution is 9.10. The zero-order valence-electron chi connectivity index (χ0n) is 22.4. The quantitative estimate of drug-likeness (QED) is 0.132. The van der Waals surface area contributed by atoms with Gasteiger partial charge in [0.25, 0.3) is 0 Å². The molecule has 0 aliphatic carbocycles. The topological polar surface area (TPSA) is 39.3 Å². The third kappa shape index (κ3) is 4.23. The summed E-state index contributed by atoms with van der Waals surface area (Å²) in [7, 11) is 0. The van der Waals surface area contributed by atoms with Crippen LogP contribution in [0.3, 0.4) is 0 Å². The van der Waals surface area contributed by atoms with Crippen LogP contribution in [0.25, 0.3) is 65.7 Å². The Bertz CT molecular complexity index is 2120. The molecule has 0 saturated heterocycles. The minimum Gasteiger partial charge on any atom is -0.349 e. The molecule has 8 aromatic rings. The molecule has 0 unspecified atom stereocenters. The van der Waals surface area contributed by atoms with Gasteiger partial charge in [-0.2, -0.15) is 9.13 Å². The highest BCUT2D eigenvalue weighted by atomic mass is 79.9. The number of para-hydroxylation sites is 2. The van der Waals surface area contributed by atoms with E-state index in [-0.39, 0.29) is 0 Å². The van der Waals surface area contributed by atoms with Crippen molar-refractivity contribution in [2.45, 2.75) is 32.4 Å². The largest absolute Gasteiger partial charge is 0.349 e. The average molecular weight is 664 g/mol. The Balaban J connectivity index is 1.13. The minimum absolute atomic E-state index is 0.979. The van der Waals surface area contributed by atoms with Gasteiger partial charge in [-0.3, -0.25) is 0 Å². The lowest BCUT2D eigenvalue weighted by Crippen LogP contribution is -2.37. The van der Waals surface area contributed by atoms with Gasteiger partial charge in [-0.15, -0.1) is 0 Å². The molecule has 0 bridgehead atoms. The van der Waals surface area contributed by atoms with Crippen LogP contribution in [-0.4, -0.2) is 9.97 Å². The van der Waals surface area contributed by atoms with E-state index in [1.807, 2.05) is 0 Å². The van der Waals surface area contributed by atoms with Crippen molar-refractivity contribution in [1.29, 1.82) is 0 Å². The van der Waals surface area contributed by atoms with Gasteiger partial charge in [0, 0.05) is 44.7 Å². The molecular weight excluding hydrogens is 636 g/mol. The fourth-order valence-corrected chi connectivity index (χ4v) is 7.35. The summed E-state index contributed by atoms with van der Waals surface area (Å²) in [5, 5.41) is 5.06. The van der Waals surface area contributed by atoms with Gasteiger partial charge in [0.1, 0.15) is 24.1 Å². The van der Waals surface area contributed by atoms with E-state index in [1.165, 1.54) is 65.7 Å². The highest BCUT2D eigenvalue weighted by Gasteiger charge is 2.22. The van der Waals surface area contributed by atoms with Crippen LogP contribution in [0, 0.1) is 0 Å². The minimum atomic E-state index is 0.979. The first-order valence-electron chi connectivity index (χ1n) is 14.2. The molecule has 0 saturated carbocycles. The Morgan fingerprint density at radius 3 is 1.44 bits per heavy atom. The maximum atomic E-state index is 3.67. The van der Waals surface area contributed by atoms with Crippen molar-refractivity contribution >= 4 is 97.5 Å². The van der Waals surface area contributed by atoms with E-state index in [0.717, 1.165) is 41.3 Å². The number of aryl methyl sites for hydroxylation is 2. The first-order chi connectivity index (χ1) is 20.1. The van der Waals surface area contributed by atoms with E-state index in [4.69, 9.17) is 0 Å². The molecule has 200 valence electrons. The van der Waals surface area contributed by atoms with Crippen molar-refractivity contribution in [2.75, 3.05) is 0 Å². The van der Waals surface area contributed by atoms with Crippen LogP contribution in [0.4, 0.5) is 0 Å². The number of aromatic nitrogens is 4. The van der Waals surface area contributed by atoms with Gasteiger partial charge in [-0.1, -0.05) is 56.1 Å². The zero-order chi connectivity index (χ0) is 27.5. The van der Waals surface area contributed by atoms with E-state index >= 15 is 0 Å². The van der Waals surface area contributed by atoms with E-state index < -0.39 is 0 Å². The number of H-pyrrole nitrogens is 2. The van der Waals surface area contributed by atoms with Crippen LogP contribution in [-0.2, 0) is 13.1 Å². The zero-order valence-corrected chi connectivity index (χ0v) is 25.6. The number of unbranched alkanes of at least 4 members (excludes halogenated alkanes) is 2.